The van der Waals surface area contributed by atoms with Gasteiger partial charge in [-0.2, -0.15) is 9.61 Å². The fourth-order valence-corrected chi connectivity index (χ4v) is 3.18. The molecule has 0 saturated heterocycles. The summed E-state index contributed by atoms with van der Waals surface area (Å²) < 4.78 is 6.54. The molecule has 3 aromatic rings. The Hall–Kier alpha value is -2.21. The second-order valence-corrected chi connectivity index (χ2v) is 5.62. The first-order valence-electron chi connectivity index (χ1n) is 6.67. The third-order valence-electron chi connectivity index (χ3n) is 3.40. The van der Waals surface area contributed by atoms with Gasteiger partial charge in [0.2, 0.25) is 4.96 Å². The van der Waals surface area contributed by atoms with Crippen LogP contribution in [0, 0.1) is 6.92 Å². The Balaban J connectivity index is 2.16. The second kappa shape index (κ2) is 5.29. The Morgan fingerprint density at radius 1 is 1.29 bits per heavy atom. The highest BCUT2D eigenvalue weighted by atomic mass is 32.1. The van der Waals surface area contributed by atoms with E-state index in [-0.39, 0.29) is 5.56 Å². The number of aromatic nitrogens is 3. The summed E-state index contributed by atoms with van der Waals surface area (Å²) >= 11 is 1.41. The summed E-state index contributed by atoms with van der Waals surface area (Å²) in [6, 6.07) is 7.60. The summed E-state index contributed by atoms with van der Waals surface area (Å²) in [7, 11) is 1.63. The third-order valence-corrected chi connectivity index (χ3v) is 4.36. The molecule has 0 aliphatic heterocycles. The van der Waals surface area contributed by atoms with E-state index in [0.29, 0.717) is 11.4 Å². The minimum Gasteiger partial charge on any atom is -0.497 e. The molecule has 0 spiro atoms. The van der Waals surface area contributed by atoms with Crippen molar-refractivity contribution in [2.45, 2.75) is 20.3 Å². The molecule has 5 nitrogen and oxygen atoms in total. The fourth-order valence-electron chi connectivity index (χ4n) is 2.24. The largest absolute Gasteiger partial charge is 0.497 e. The Morgan fingerprint density at radius 2 is 2.00 bits per heavy atom. The van der Waals surface area contributed by atoms with Crippen LogP contribution in [0.4, 0.5) is 0 Å². The molecule has 0 atom stereocenters. The standard InChI is InChI=1S/C15H15N3O2S/c1-4-12-9(2)16-15-18(14(12)19)17-13(21-15)10-5-7-11(20-3)8-6-10/h5-8H,4H2,1-3H3. The average molecular weight is 301 g/mol. The first-order valence-corrected chi connectivity index (χ1v) is 7.49. The number of benzene rings is 1. The van der Waals surface area contributed by atoms with E-state index < -0.39 is 0 Å². The first kappa shape index (κ1) is 13.8. The summed E-state index contributed by atoms with van der Waals surface area (Å²) in [6.45, 7) is 3.82. The lowest BCUT2D eigenvalue weighted by Gasteiger charge is -2.00. The summed E-state index contributed by atoms with van der Waals surface area (Å²) in [6.07, 6.45) is 0.663. The van der Waals surface area contributed by atoms with Gasteiger partial charge in [-0.3, -0.25) is 4.79 Å². The summed E-state index contributed by atoms with van der Waals surface area (Å²) in [5, 5.41) is 5.18. The fraction of sp³-hybridized carbons (Fsp3) is 0.267. The molecule has 3 rings (SSSR count). The van der Waals surface area contributed by atoms with E-state index in [0.717, 1.165) is 27.6 Å². The molecule has 2 aromatic heterocycles. The van der Waals surface area contributed by atoms with Gasteiger partial charge in [0.15, 0.2) is 0 Å². The molecule has 0 unspecified atom stereocenters. The van der Waals surface area contributed by atoms with Gasteiger partial charge in [-0.25, -0.2) is 4.98 Å². The van der Waals surface area contributed by atoms with Gasteiger partial charge in [0.1, 0.15) is 10.8 Å². The van der Waals surface area contributed by atoms with Crippen LogP contribution < -0.4 is 10.3 Å². The zero-order chi connectivity index (χ0) is 15.0. The number of aryl methyl sites for hydroxylation is 1. The SMILES string of the molecule is CCc1c(C)nc2sc(-c3ccc(OC)cc3)nn2c1=O. The lowest BCUT2D eigenvalue weighted by Crippen LogP contribution is -2.21. The van der Waals surface area contributed by atoms with Crippen LogP contribution in [0.5, 0.6) is 5.75 Å². The van der Waals surface area contributed by atoms with Gasteiger partial charge in [0.25, 0.3) is 5.56 Å². The molecule has 0 fully saturated rings. The quantitative estimate of drug-likeness (QED) is 0.746. The van der Waals surface area contributed by atoms with Crippen LogP contribution in [0.25, 0.3) is 15.5 Å². The predicted octanol–water partition coefficient (Wildman–Crippen LogP) is 2.70. The Morgan fingerprint density at radius 3 is 2.62 bits per heavy atom. The van der Waals surface area contributed by atoms with Gasteiger partial charge in [-0.1, -0.05) is 18.3 Å². The monoisotopic (exact) mass is 301 g/mol. The molecule has 0 saturated carbocycles. The summed E-state index contributed by atoms with van der Waals surface area (Å²) in [5.74, 6) is 0.791. The Bertz CT molecular complexity index is 850. The molecule has 21 heavy (non-hydrogen) atoms. The van der Waals surface area contributed by atoms with Crippen LogP contribution in [-0.4, -0.2) is 21.7 Å². The van der Waals surface area contributed by atoms with Crippen molar-refractivity contribution in [3.05, 3.63) is 45.9 Å². The molecule has 0 aliphatic rings. The highest BCUT2D eigenvalue weighted by Crippen LogP contribution is 2.26. The lowest BCUT2D eigenvalue weighted by molar-refractivity contribution is 0.415. The van der Waals surface area contributed by atoms with Gasteiger partial charge in [0.05, 0.1) is 7.11 Å². The highest BCUT2D eigenvalue weighted by molar-refractivity contribution is 7.19. The zero-order valence-corrected chi connectivity index (χ0v) is 12.9. The van der Waals surface area contributed by atoms with E-state index in [9.17, 15) is 4.79 Å². The summed E-state index contributed by atoms with van der Waals surface area (Å²) in [4.78, 5) is 17.5. The van der Waals surface area contributed by atoms with Crippen LogP contribution in [0.1, 0.15) is 18.2 Å². The van der Waals surface area contributed by atoms with Crippen LogP contribution in [-0.2, 0) is 6.42 Å². The molecule has 0 radical (unpaired) electrons. The van der Waals surface area contributed by atoms with Crippen LogP contribution in [0.2, 0.25) is 0 Å². The van der Waals surface area contributed by atoms with Crippen LogP contribution >= 0.6 is 11.3 Å². The lowest BCUT2D eigenvalue weighted by atomic mass is 10.2. The van der Waals surface area contributed by atoms with Gasteiger partial charge < -0.3 is 4.74 Å². The maximum absolute atomic E-state index is 12.4. The van der Waals surface area contributed by atoms with Gasteiger partial charge in [-0.15, -0.1) is 0 Å². The van der Waals surface area contributed by atoms with Crippen molar-refractivity contribution in [1.29, 1.82) is 0 Å². The van der Waals surface area contributed by atoms with Gasteiger partial charge in [0, 0.05) is 16.8 Å². The van der Waals surface area contributed by atoms with Crippen LogP contribution in [0.15, 0.2) is 29.1 Å². The molecule has 0 N–H and O–H groups in total. The molecule has 6 heteroatoms. The number of nitrogens with zero attached hydrogens (tertiary/aromatic N) is 3. The van der Waals surface area contributed by atoms with E-state index in [4.69, 9.17) is 4.74 Å². The Kier molecular flexibility index (Phi) is 3.47. The first-order chi connectivity index (χ1) is 10.1. The second-order valence-electron chi connectivity index (χ2n) is 4.66. The minimum absolute atomic E-state index is 0.0731. The molecule has 1 aromatic carbocycles. The average Bonchev–Trinajstić information content (AvgIpc) is 2.92. The van der Waals surface area contributed by atoms with Gasteiger partial charge >= 0.3 is 0 Å². The Labute approximate surface area is 125 Å². The topological polar surface area (TPSA) is 56.5 Å². The molecule has 2 heterocycles. The van der Waals surface area contributed by atoms with E-state index in [1.807, 2.05) is 38.1 Å². The van der Waals surface area contributed by atoms with Crippen molar-refractivity contribution < 1.29 is 4.74 Å². The van der Waals surface area contributed by atoms with Crippen molar-refractivity contribution in [1.82, 2.24) is 14.6 Å². The van der Waals surface area contributed by atoms with E-state index >= 15 is 0 Å². The molecule has 0 amide bonds. The van der Waals surface area contributed by atoms with Crippen LogP contribution in [0.3, 0.4) is 0 Å². The molecular weight excluding hydrogens is 286 g/mol. The van der Waals surface area contributed by atoms with Crippen molar-refractivity contribution in [2.24, 2.45) is 0 Å². The molecule has 108 valence electrons. The number of methoxy groups -OCH3 is 1. The predicted molar refractivity (Wildman–Crippen MR) is 83.2 cm³/mol. The normalized spacial score (nSPS) is 11.0. The molecular formula is C15H15N3O2S. The van der Waals surface area contributed by atoms with Crippen molar-refractivity contribution >= 4 is 16.3 Å². The molecule has 0 bridgehead atoms. The van der Waals surface area contributed by atoms with E-state index in [1.165, 1.54) is 15.9 Å². The zero-order valence-electron chi connectivity index (χ0n) is 12.1. The number of ether oxygens (including phenoxy) is 1. The minimum atomic E-state index is -0.0731. The maximum Gasteiger partial charge on any atom is 0.278 e. The number of hydrogen-bond donors (Lipinski definition) is 0. The highest BCUT2D eigenvalue weighted by Gasteiger charge is 2.13. The smallest absolute Gasteiger partial charge is 0.278 e. The van der Waals surface area contributed by atoms with E-state index in [1.54, 1.807) is 7.11 Å². The summed E-state index contributed by atoms with van der Waals surface area (Å²) in [5.41, 5.74) is 2.38. The van der Waals surface area contributed by atoms with Crippen molar-refractivity contribution in [3.8, 4) is 16.3 Å². The maximum atomic E-state index is 12.4. The van der Waals surface area contributed by atoms with Gasteiger partial charge in [-0.05, 0) is 37.6 Å². The third kappa shape index (κ3) is 2.31. The van der Waals surface area contributed by atoms with E-state index in [2.05, 4.69) is 10.1 Å². The van der Waals surface area contributed by atoms with Crippen molar-refractivity contribution in [3.63, 3.8) is 0 Å². The van der Waals surface area contributed by atoms with Crippen molar-refractivity contribution in [2.75, 3.05) is 7.11 Å². The number of hydrogen-bond acceptors (Lipinski definition) is 5. The molecule has 0 aliphatic carbocycles. The number of rotatable bonds is 3. The number of fused-ring (bicyclic) bond motifs is 1.